The van der Waals surface area contributed by atoms with Crippen molar-refractivity contribution in [2.45, 2.75) is 31.6 Å². The number of nitrogens with two attached hydrogens (primary N) is 1. The van der Waals surface area contributed by atoms with Gasteiger partial charge in [-0.15, -0.1) is 0 Å². The predicted octanol–water partition coefficient (Wildman–Crippen LogP) is 3.50. The Morgan fingerprint density at radius 2 is 2.19 bits per heavy atom. The van der Waals surface area contributed by atoms with Crippen LogP contribution in [0.5, 0.6) is 11.5 Å². The van der Waals surface area contributed by atoms with Crippen LogP contribution in [0.15, 0.2) is 57.7 Å². The standard InChI is InChI=1S/C22H19N3O7/c1-2-30-18-9-12(6-14(21(18)27)25(28)29)19-13(10-23)22(24)32-17-8-11(7-15(26)20(17)19)16-4-3-5-31-16/h3-6,9,11,19,27H,2,7-8,24H2,1H3/t11-,19-/m1/s1. The molecule has 2 atom stereocenters. The third kappa shape index (κ3) is 3.43. The van der Waals surface area contributed by atoms with Crippen molar-refractivity contribution in [1.82, 2.24) is 0 Å². The highest BCUT2D eigenvalue weighted by molar-refractivity contribution is 6.00. The molecule has 0 saturated heterocycles. The number of rotatable bonds is 5. The lowest BCUT2D eigenvalue weighted by Crippen LogP contribution is -2.29. The number of ether oxygens (including phenoxy) is 2. The number of phenols is 1. The van der Waals surface area contributed by atoms with Crippen LogP contribution < -0.4 is 10.5 Å². The molecule has 1 aromatic carbocycles. The van der Waals surface area contributed by atoms with E-state index in [1.54, 1.807) is 19.1 Å². The second-order valence-corrected chi connectivity index (χ2v) is 7.38. The van der Waals surface area contributed by atoms with E-state index < -0.39 is 22.3 Å². The van der Waals surface area contributed by atoms with Gasteiger partial charge in [-0.3, -0.25) is 14.9 Å². The van der Waals surface area contributed by atoms with Gasteiger partial charge >= 0.3 is 5.69 Å². The minimum atomic E-state index is -0.993. The number of hydrogen-bond acceptors (Lipinski definition) is 9. The van der Waals surface area contributed by atoms with Gasteiger partial charge in [-0.05, 0) is 30.7 Å². The van der Waals surface area contributed by atoms with E-state index in [0.29, 0.717) is 12.2 Å². The van der Waals surface area contributed by atoms with E-state index in [1.165, 1.54) is 12.3 Å². The van der Waals surface area contributed by atoms with Gasteiger partial charge in [-0.25, -0.2) is 0 Å². The number of furan rings is 1. The van der Waals surface area contributed by atoms with Crippen LogP contribution in [0.4, 0.5) is 5.69 Å². The molecule has 1 aliphatic heterocycles. The predicted molar refractivity (Wildman–Crippen MR) is 109 cm³/mol. The molecule has 0 bridgehead atoms. The molecular weight excluding hydrogens is 418 g/mol. The number of nitrogens with zero attached hydrogens (tertiary/aromatic N) is 2. The van der Waals surface area contributed by atoms with Crippen LogP contribution >= 0.6 is 0 Å². The third-order valence-electron chi connectivity index (χ3n) is 5.51. The second kappa shape index (κ2) is 8.11. The Morgan fingerprint density at radius 1 is 1.41 bits per heavy atom. The molecule has 0 saturated carbocycles. The van der Waals surface area contributed by atoms with Gasteiger partial charge in [-0.2, -0.15) is 5.26 Å². The fourth-order valence-electron chi connectivity index (χ4n) is 4.15. The van der Waals surface area contributed by atoms with Gasteiger partial charge in [0.15, 0.2) is 11.5 Å². The summed E-state index contributed by atoms with van der Waals surface area (Å²) in [6, 6.07) is 7.95. The van der Waals surface area contributed by atoms with Crippen molar-refractivity contribution < 1.29 is 28.7 Å². The lowest BCUT2D eigenvalue weighted by atomic mass is 9.74. The number of carbonyl (C=O) groups is 1. The molecule has 32 heavy (non-hydrogen) atoms. The van der Waals surface area contributed by atoms with Crippen molar-refractivity contribution in [3.8, 4) is 17.6 Å². The molecule has 0 radical (unpaired) electrons. The van der Waals surface area contributed by atoms with Gasteiger partial charge in [0.1, 0.15) is 23.2 Å². The summed E-state index contributed by atoms with van der Waals surface area (Å²) >= 11 is 0. The maximum Gasteiger partial charge on any atom is 0.314 e. The first kappa shape index (κ1) is 21.0. The fourth-order valence-corrected chi connectivity index (χ4v) is 4.15. The first-order chi connectivity index (χ1) is 15.3. The number of Topliss-reactive ketones (excluding diaryl/α,β-unsaturated/α-hetero) is 1. The number of nitriles is 1. The van der Waals surface area contributed by atoms with Crippen LogP contribution in [0.1, 0.15) is 42.9 Å². The summed E-state index contributed by atoms with van der Waals surface area (Å²) < 4.78 is 16.4. The first-order valence-electron chi connectivity index (χ1n) is 9.87. The van der Waals surface area contributed by atoms with Crippen LogP contribution in [0.2, 0.25) is 0 Å². The van der Waals surface area contributed by atoms with Gasteiger partial charge in [0.25, 0.3) is 0 Å². The molecule has 1 aromatic heterocycles. The summed E-state index contributed by atoms with van der Waals surface area (Å²) in [7, 11) is 0. The van der Waals surface area contributed by atoms with Gasteiger partial charge in [-0.1, -0.05) is 0 Å². The quantitative estimate of drug-likeness (QED) is 0.526. The highest BCUT2D eigenvalue weighted by Crippen LogP contribution is 2.49. The number of phenolic OH excluding ortho intramolecular Hbond substituents is 1. The van der Waals surface area contributed by atoms with Crippen molar-refractivity contribution in [1.29, 1.82) is 5.26 Å². The zero-order valence-corrected chi connectivity index (χ0v) is 17.0. The summed E-state index contributed by atoms with van der Waals surface area (Å²) in [5.74, 6) is -1.57. The lowest BCUT2D eigenvalue weighted by Gasteiger charge is -2.33. The molecule has 164 valence electrons. The lowest BCUT2D eigenvalue weighted by molar-refractivity contribution is -0.386. The molecule has 10 heteroatoms. The van der Waals surface area contributed by atoms with E-state index in [1.807, 2.05) is 6.07 Å². The highest BCUT2D eigenvalue weighted by atomic mass is 16.6. The summed E-state index contributed by atoms with van der Waals surface area (Å²) in [4.78, 5) is 24.0. The van der Waals surface area contributed by atoms with Crippen molar-refractivity contribution >= 4 is 11.5 Å². The minimum Gasteiger partial charge on any atom is -0.500 e. The van der Waals surface area contributed by atoms with Crippen molar-refractivity contribution in [3.63, 3.8) is 0 Å². The number of carbonyl (C=O) groups excluding carboxylic acids is 1. The first-order valence-corrected chi connectivity index (χ1v) is 9.87. The summed E-state index contributed by atoms with van der Waals surface area (Å²) in [6.45, 7) is 1.80. The van der Waals surface area contributed by atoms with E-state index in [-0.39, 0.29) is 58.8 Å². The van der Waals surface area contributed by atoms with Gasteiger partial charge < -0.3 is 24.7 Å². The summed E-state index contributed by atoms with van der Waals surface area (Å²) in [5, 5.41) is 31.5. The number of nitro benzene ring substituents is 1. The average molecular weight is 437 g/mol. The molecule has 1 aliphatic carbocycles. The number of benzene rings is 1. The van der Waals surface area contributed by atoms with E-state index in [9.17, 15) is 25.3 Å². The van der Waals surface area contributed by atoms with E-state index in [0.717, 1.165) is 6.07 Å². The third-order valence-corrected chi connectivity index (χ3v) is 5.51. The van der Waals surface area contributed by atoms with Gasteiger partial charge in [0, 0.05) is 30.4 Å². The molecule has 2 aliphatic rings. The Balaban J connectivity index is 1.88. The molecule has 2 heterocycles. The van der Waals surface area contributed by atoms with Gasteiger partial charge in [0.2, 0.25) is 11.6 Å². The molecular formula is C22H19N3O7. The van der Waals surface area contributed by atoms with E-state index >= 15 is 0 Å². The monoisotopic (exact) mass is 437 g/mol. The van der Waals surface area contributed by atoms with Crippen LogP contribution in [-0.2, 0) is 9.53 Å². The topological polar surface area (TPSA) is 162 Å². The Kier molecular flexibility index (Phi) is 5.32. The molecule has 0 fully saturated rings. The zero-order valence-electron chi connectivity index (χ0n) is 17.0. The second-order valence-electron chi connectivity index (χ2n) is 7.38. The number of aromatic hydroxyl groups is 1. The summed E-state index contributed by atoms with van der Waals surface area (Å²) in [6.07, 6.45) is 1.94. The molecule has 10 nitrogen and oxygen atoms in total. The van der Waals surface area contributed by atoms with Crippen LogP contribution in [0.3, 0.4) is 0 Å². The van der Waals surface area contributed by atoms with Crippen LogP contribution in [0.25, 0.3) is 0 Å². The number of ketones is 1. The average Bonchev–Trinajstić information content (AvgIpc) is 3.29. The van der Waals surface area contributed by atoms with E-state index in [4.69, 9.17) is 19.6 Å². The number of nitro groups is 1. The molecule has 0 spiro atoms. The van der Waals surface area contributed by atoms with Crippen molar-refractivity contribution in [2.75, 3.05) is 6.61 Å². The Morgan fingerprint density at radius 3 is 2.81 bits per heavy atom. The molecule has 0 amide bonds. The molecule has 2 aromatic rings. The maximum atomic E-state index is 13.2. The Hall–Kier alpha value is -4.26. The minimum absolute atomic E-state index is 0.0454. The Labute approximate surface area is 182 Å². The molecule has 4 rings (SSSR count). The zero-order chi connectivity index (χ0) is 23.0. The smallest absolute Gasteiger partial charge is 0.314 e. The van der Waals surface area contributed by atoms with Crippen LogP contribution in [-0.4, -0.2) is 22.4 Å². The van der Waals surface area contributed by atoms with Crippen LogP contribution in [0, 0.1) is 21.4 Å². The van der Waals surface area contributed by atoms with Crippen molar-refractivity contribution in [3.05, 3.63) is 74.8 Å². The van der Waals surface area contributed by atoms with E-state index in [2.05, 4.69) is 0 Å². The van der Waals surface area contributed by atoms with Crippen molar-refractivity contribution in [2.24, 2.45) is 5.73 Å². The van der Waals surface area contributed by atoms with Gasteiger partial charge in [0.05, 0.1) is 23.7 Å². The largest absolute Gasteiger partial charge is 0.500 e. The number of allylic oxidation sites excluding steroid dienone is 3. The number of hydrogen-bond donors (Lipinski definition) is 2. The molecule has 0 unspecified atom stereocenters. The maximum absolute atomic E-state index is 13.2. The highest BCUT2D eigenvalue weighted by Gasteiger charge is 2.42. The SMILES string of the molecule is CCOc1cc([C@@H]2C(C#N)=C(N)OC3=C2C(=O)C[C@@H](c2ccco2)C3)cc([N+](=O)[O-])c1O. The Bertz CT molecular complexity index is 1200. The summed E-state index contributed by atoms with van der Waals surface area (Å²) in [5.41, 5.74) is 5.79. The molecule has 3 N–H and O–H groups in total. The normalized spacial score (nSPS) is 20.4. The fraction of sp³-hybridized carbons (Fsp3) is 0.273.